The number of nitrogens with zero attached hydrogens (tertiary/aromatic N) is 2. The molecule has 0 amide bonds. The van der Waals surface area contributed by atoms with Crippen molar-refractivity contribution in [3.8, 4) is 10.8 Å². The summed E-state index contributed by atoms with van der Waals surface area (Å²) in [5.74, 6) is 0.630. The van der Waals surface area contributed by atoms with E-state index in [4.69, 9.17) is 4.42 Å². The number of thiophene rings is 1. The van der Waals surface area contributed by atoms with Gasteiger partial charge in [0.15, 0.2) is 11.2 Å². The number of halogens is 1. The van der Waals surface area contributed by atoms with Gasteiger partial charge < -0.3 is 4.42 Å². The highest BCUT2D eigenvalue weighted by Gasteiger charge is 2.09. The van der Waals surface area contributed by atoms with Crippen LogP contribution in [0.2, 0.25) is 0 Å². The van der Waals surface area contributed by atoms with E-state index in [-0.39, 0.29) is 0 Å². The van der Waals surface area contributed by atoms with Gasteiger partial charge in [-0.25, -0.2) is 4.98 Å². The highest BCUT2D eigenvalue weighted by Crippen LogP contribution is 2.27. The minimum absolute atomic E-state index is 0.630. The molecule has 0 atom stereocenters. The van der Waals surface area contributed by atoms with Gasteiger partial charge in [-0.05, 0) is 39.5 Å². The van der Waals surface area contributed by atoms with Crippen LogP contribution in [-0.4, -0.2) is 9.97 Å². The lowest BCUT2D eigenvalue weighted by Gasteiger charge is -1.85. The second-order valence-electron chi connectivity index (χ2n) is 2.95. The summed E-state index contributed by atoms with van der Waals surface area (Å²) < 4.78 is 6.35. The first kappa shape index (κ1) is 9.06. The molecule has 0 saturated carbocycles. The summed E-state index contributed by atoms with van der Waals surface area (Å²) in [6, 6.07) is 7.64. The van der Waals surface area contributed by atoms with Gasteiger partial charge in [0, 0.05) is 0 Å². The van der Waals surface area contributed by atoms with Gasteiger partial charge in [-0.3, -0.25) is 0 Å². The highest BCUT2D eigenvalue weighted by molar-refractivity contribution is 9.10. The van der Waals surface area contributed by atoms with Crippen LogP contribution in [0.4, 0.5) is 0 Å². The SMILES string of the molecule is Brc1ccc2oc(-c3cccs3)nc2n1. The Bertz CT molecular complexity index is 603. The first-order valence-electron chi connectivity index (χ1n) is 4.30. The van der Waals surface area contributed by atoms with E-state index >= 15 is 0 Å². The van der Waals surface area contributed by atoms with Gasteiger partial charge in [-0.2, -0.15) is 4.98 Å². The molecule has 0 N–H and O–H groups in total. The third-order valence-electron chi connectivity index (χ3n) is 1.95. The molecular weight excluding hydrogens is 276 g/mol. The fourth-order valence-corrected chi connectivity index (χ4v) is 2.25. The lowest BCUT2D eigenvalue weighted by Crippen LogP contribution is -1.76. The lowest BCUT2D eigenvalue weighted by atomic mass is 10.5. The van der Waals surface area contributed by atoms with Crippen molar-refractivity contribution < 1.29 is 4.42 Å². The number of pyridine rings is 1. The molecule has 3 nitrogen and oxygen atoms in total. The van der Waals surface area contributed by atoms with Crippen molar-refractivity contribution >= 4 is 38.5 Å². The Hall–Kier alpha value is -1.20. The van der Waals surface area contributed by atoms with Gasteiger partial charge in [0.25, 0.3) is 0 Å². The zero-order valence-electron chi connectivity index (χ0n) is 7.48. The molecule has 3 aromatic heterocycles. The second kappa shape index (κ2) is 3.43. The van der Waals surface area contributed by atoms with Crippen LogP contribution < -0.4 is 0 Å². The molecule has 0 aliphatic carbocycles. The lowest BCUT2D eigenvalue weighted by molar-refractivity contribution is 0.621. The van der Waals surface area contributed by atoms with E-state index in [1.54, 1.807) is 11.3 Å². The molecule has 0 bridgehead atoms. The van der Waals surface area contributed by atoms with Crippen LogP contribution in [0.25, 0.3) is 22.0 Å². The summed E-state index contributed by atoms with van der Waals surface area (Å²) in [5.41, 5.74) is 1.34. The van der Waals surface area contributed by atoms with E-state index in [1.807, 2.05) is 29.6 Å². The van der Waals surface area contributed by atoms with Crippen LogP contribution in [0.15, 0.2) is 38.7 Å². The first-order chi connectivity index (χ1) is 7.33. The molecule has 0 aliphatic heterocycles. The molecule has 3 heterocycles. The number of aromatic nitrogens is 2. The zero-order valence-corrected chi connectivity index (χ0v) is 9.88. The fourth-order valence-electron chi connectivity index (χ4n) is 1.30. The Morgan fingerprint density at radius 3 is 2.93 bits per heavy atom. The Kier molecular flexibility index (Phi) is 2.07. The highest BCUT2D eigenvalue weighted by atomic mass is 79.9. The molecule has 5 heteroatoms. The predicted octanol–water partition coefficient (Wildman–Crippen LogP) is 3.71. The number of hydrogen-bond donors (Lipinski definition) is 0. The largest absolute Gasteiger partial charge is 0.434 e. The number of oxazole rings is 1. The van der Waals surface area contributed by atoms with Gasteiger partial charge in [0.05, 0.1) is 4.88 Å². The molecule has 3 aromatic rings. The van der Waals surface area contributed by atoms with E-state index in [0.717, 1.165) is 9.48 Å². The maximum Gasteiger partial charge on any atom is 0.239 e. The standard InChI is InChI=1S/C10H5BrN2OS/c11-8-4-3-6-9(12-8)13-10(14-6)7-2-1-5-15-7/h1-5H. The van der Waals surface area contributed by atoms with Gasteiger partial charge in [-0.1, -0.05) is 6.07 Å². The summed E-state index contributed by atoms with van der Waals surface area (Å²) in [6.45, 7) is 0. The molecule has 15 heavy (non-hydrogen) atoms. The molecule has 0 radical (unpaired) electrons. The Labute approximate surface area is 97.9 Å². The van der Waals surface area contributed by atoms with Crippen molar-refractivity contribution in [3.63, 3.8) is 0 Å². The third kappa shape index (κ3) is 1.57. The minimum Gasteiger partial charge on any atom is -0.434 e. The van der Waals surface area contributed by atoms with Crippen molar-refractivity contribution in [1.29, 1.82) is 0 Å². The summed E-state index contributed by atoms with van der Waals surface area (Å²) in [5, 5.41) is 1.99. The zero-order chi connectivity index (χ0) is 10.3. The summed E-state index contributed by atoms with van der Waals surface area (Å²) in [7, 11) is 0. The van der Waals surface area contributed by atoms with Gasteiger partial charge >= 0.3 is 0 Å². The number of fused-ring (bicyclic) bond motifs is 1. The minimum atomic E-state index is 0.630. The van der Waals surface area contributed by atoms with Crippen molar-refractivity contribution in [2.75, 3.05) is 0 Å². The van der Waals surface area contributed by atoms with Crippen LogP contribution in [0, 0.1) is 0 Å². The Balaban J connectivity index is 2.22. The first-order valence-corrected chi connectivity index (χ1v) is 5.97. The van der Waals surface area contributed by atoms with E-state index in [9.17, 15) is 0 Å². The average molecular weight is 281 g/mol. The van der Waals surface area contributed by atoms with Crippen LogP contribution in [0.5, 0.6) is 0 Å². The quantitative estimate of drug-likeness (QED) is 0.638. The third-order valence-corrected chi connectivity index (χ3v) is 3.25. The van der Waals surface area contributed by atoms with Crippen molar-refractivity contribution in [2.24, 2.45) is 0 Å². The number of hydrogen-bond acceptors (Lipinski definition) is 4. The smallest absolute Gasteiger partial charge is 0.239 e. The Morgan fingerprint density at radius 2 is 2.13 bits per heavy atom. The van der Waals surface area contributed by atoms with Gasteiger partial charge in [-0.15, -0.1) is 11.3 Å². The summed E-state index contributed by atoms with van der Waals surface area (Å²) in [4.78, 5) is 9.56. The number of rotatable bonds is 1. The molecule has 0 unspecified atom stereocenters. The van der Waals surface area contributed by atoms with E-state index in [0.29, 0.717) is 17.1 Å². The average Bonchev–Trinajstić information content (AvgIpc) is 2.84. The predicted molar refractivity (Wildman–Crippen MR) is 62.8 cm³/mol. The topological polar surface area (TPSA) is 38.9 Å². The van der Waals surface area contributed by atoms with Gasteiger partial charge in [0.2, 0.25) is 5.89 Å². The molecule has 0 saturated heterocycles. The molecule has 74 valence electrons. The fraction of sp³-hybridized carbons (Fsp3) is 0. The van der Waals surface area contributed by atoms with Crippen LogP contribution >= 0.6 is 27.3 Å². The van der Waals surface area contributed by atoms with Crippen molar-refractivity contribution in [1.82, 2.24) is 9.97 Å². The van der Waals surface area contributed by atoms with Crippen LogP contribution in [-0.2, 0) is 0 Å². The van der Waals surface area contributed by atoms with Crippen LogP contribution in [0.1, 0.15) is 0 Å². The van der Waals surface area contributed by atoms with Gasteiger partial charge in [0.1, 0.15) is 4.60 Å². The molecule has 0 aromatic carbocycles. The van der Waals surface area contributed by atoms with Crippen molar-refractivity contribution in [3.05, 3.63) is 34.2 Å². The summed E-state index contributed by atoms with van der Waals surface area (Å²) >= 11 is 4.90. The molecule has 0 fully saturated rings. The van der Waals surface area contributed by atoms with Crippen LogP contribution in [0.3, 0.4) is 0 Å². The monoisotopic (exact) mass is 280 g/mol. The van der Waals surface area contributed by atoms with E-state index < -0.39 is 0 Å². The maximum absolute atomic E-state index is 5.58. The molecule has 0 aliphatic rings. The normalized spacial score (nSPS) is 11.0. The second-order valence-corrected chi connectivity index (χ2v) is 4.71. The Morgan fingerprint density at radius 1 is 1.20 bits per heavy atom. The molecule has 3 rings (SSSR count). The van der Waals surface area contributed by atoms with E-state index in [1.165, 1.54) is 0 Å². The molecular formula is C10H5BrN2OS. The maximum atomic E-state index is 5.58. The molecule has 0 spiro atoms. The van der Waals surface area contributed by atoms with Crippen molar-refractivity contribution in [2.45, 2.75) is 0 Å². The van der Waals surface area contributed by atoms with E-state index in [2.05, 4.69) is 25.9 Å². The summed E-state index contributed by atoms with van der Waals surface area (Å²) in [6.07, 6.45) is 0.